The molecule has 4 nitrogen and oxygen atoms in total. The van der Waals surface area contributed by atoms with Gasteiger partial charge in [-0.25, -0.2) is 0 Å². The summed E-state index contributed by atoms with van der Waals surface area (Å²) in [5.74, 6) is 0. The molecule has 0 aliphatic heterocycles. The molecule has 2 aromatic heterocycles. The van der Waals surface area contributed by atoms with Crippen LogP contribution < -0.4 is 9.80 Å². The number of hydrogen-bond donors (Lipinski definition) is 0. The SMILES string of the molecule is CC(C)(C)c1ccccc1N(c1ccc2cc3c(cc2c1)oc1c3ccc2oc3cc4cc(N(c5ccccc5C(C)(C)C)c5ccccc5C(C)(C)C)ccc4cc3c21)c1ccccc1C(C)(C)C. The summed E-state index contributed by atoms with van der Waals surface area (Å²) >= 11 is 0. The van der Waals surface area contributed by atoms with E-state index in [4.69, 9.17) is 8.83 Å². The molecular weight excluding hydrogens is 853 g/mol. The molecule has 0 amide bonds. The van der Waals surface area contributed by atoms with Crippen LogP contribution in [-0.4, -0.2) is 0 Å². The first-order valence-electron chi connectivity index (χ1n) is 24.9. The maximum absolute atomic E-state index is 7.00. The minimum Gasteiger partial charge on any atom is -0.456 e. The van der Waals surface area contributed by atoms with Gasteiger partial charge in [0, 0.05) is 50.3 Å². The van der Waals surface area contributed by atoms with E-state index in [1.807, 2.05) is 0 Å². The normalized spacial score (nSPS) is 12.9. The monoisotopic (exact) mass is 916 g/mol. The minimum absolute atomic E-state index is 0.0699. The summed E-state index contributed by atoms with van der Waals surface area (Å²) < 4.78 is 13.7. The van der Waals surface area contributed by atoms with Crippen LogP contribution in [0, 0.1) is 0 Å². The second kappa shape index (κ2) is 16.1. The summed E-state index contributed by atoms with van der Waals surface area (Å²) in [4.78, 5) is 4.92. The lowest BCUT2D eigenvalue weighted by atomic mass is 9.83. The van der Waals surface area contributed by atoms with Crippen molar-refractivity contribution in [3.8, 4) is 0 Å². The van der Waals surface area contributed by atoms with Gasteiger partial charge < -0.3 is 18.6 Å². The van der Waals surface area contributed by atoms with Crippen LogP contribution in [0.2, 0.25) is 0 Å². The van der Waals surface area contributed by atoms with Gasteiger partial charge in [0.05, 0.1) is 5.39 Å². The first kappa shape index (κ1) is 45.2. The third-order valence-electron chi connectivity index (χ3n) is 14.3. The average Bonchev–Trinajstić information content (AvgIpc) is 3.86. The fourth-order valence-electron chi connectivity index (χ4n) is 10.9. The highest BCUT2D eigenvalue weighted by atomic mass is 16.3. The van der Waals surface area contributed by atoms with Crippen LogP contribution in [0.5, 0.6) is 0 Å². The molecule has 0 radical (unpaired) electrons. The van der Waals surface area contributed by atoms with Crippen LogP contribution in [0.3, 0.4) is 0 Å². The van der Waals surface area contributed by atoms with E-state index in [1.54, 1.807) is 0 Å². The Labute approximate surface area is 413 Å². The minimum atomic E-state index is -0.0701. The number of anilines is 6. The first-order chi connectivity index (χ1) is 33.2. The largest absolute Gasteiger partial charge is 0.456 e. The molecule has 0 aliphatic carbocycles. The van der Waals surface area contributed by atoms with Crippen molar-refractivity contribution in [1.29, 1.82) is 0 Å². The Hall–Kier alpha value is -7.30. The van der Waals surface area contributed by atoms with Gasteiger partial charge in [-0.1, -0.05) is 168 Å². The summed E-state index contributed by atoms with van der Waals surface area (Å²) in [5, 5.41) is 8.76. The van der Waals surface area contributed by atoms with Crippen molar-refractivity contribution in [2.45, 2.75) is 105 Å². The molecule has 0 atom stereocenters. The summed E-state index contributed by atoms with van der Waals surface area (Å²) in [6.07, 6.45) is 0. The van der Waals surface area contributed by atoms with Gasteiger partial charge in [0.15, 0.2) is 0 Å². The number of furan rings is 2. The molecule has 4 heteroatoms. The van der Waals surface area contributed by atoms with Crippen LogP contribution in [0.4, 0.5) is 34.1 Å². The fraction of sp³-hybridized carbons (Fsp3) is 0.242. The van der Waals surface area contributed by atoms with E-state index in [0.29, 0.717) is 0 Å². The number of benzene rings is 9. The molecule has 0 spiro atoms. The zero-order valence-corrected chi connectivity index (χ0v) is 42.9. The summed E-state index contributed by atoms with van der Waals surface area (Å²) in [6.45, 7) is 27.6. The second-order valence-corrected chi connectivity index (χ2v) is 23.5. The van der Waals surface area contributed by atoms with Crippen molar-refractivity contribution in [3.63, 3.8) is 0 Å². The molecule has 0 unspecified atom stereocenters. The van der Waals surface area contributed by atoms with Gasteiger partial charge in [0.25, 0.3) is 0 Å². The molecule has 0 bridgehead atoms. The lowest BCUT2D eigenvalue weighted by molar-refractivity contribution is 0.586. The van der Waals surface area contributed by atoms with E-state index >= 15 is 0 Å². The molecular formula is C66H64N2O2. The maximum atomic E-state index is 7.00. The number of hydrogen-bond acceptors (Lipinski definition) is 4. The van der Waals surface area contributed by atoms with Crippen molar-refractivity contribution in [1.82, 2.24) is 0 Å². The fourth-order valence-corrected chi connectivity index (χ4v) is 10.9. The van der Waals surface area contributed by atoms with E-state index in [2.05, 4.69) is 263 Å². The Morgan fingerprint density at radius 2 is 0.671 bits per heavy atom. The predicted octanol–water partition coefficient (Wildman–Crippen LogP) is 19.9. The molecule has 0 saturated heterocycles. The molecule has 9 aromatic carbocycles. The first-order valence-corrected chi connectivity index (χ1v) is 24.9. The number of rotatable bonds is 6. The molecule has 0 fully saturated rings. The number of nitrogens with zero attached hydrogens (tertiary/aromatic N) is 2. The Balaban J connectivity index is 1.06. The lowest BCUT2D eigenvalue weighted by Crippen LogP contribution is -2.22. The summed E-state index contributed by atoms with van der Waals surface area (Å²) in [6, 6.07) is 62.5. The Morgan fingerprint density at radius 3 is 1.07 bits per heavy atom. The molecule has 350 valence electrons. The summed E-state index contributed by atoms with van der Waals surface area (Å²) in [7, 11) is 0. The van der Waals surface area contributed by atoms with Crippen LogP contribution in [0.1, 0.15) is 105 Å². The molecule has 0 N–H and O–H groups in total. The third-order valence-corrected chi connectivity index (χ3v) is 14.3. The Morgan fingerprint density at radius 1 is 0.300 bits per heavy atom. The Kier molecular flexibility index (Phi) is 10.4. The van der Waals surface area contributed by atoms with E-state index in [1.165, 1.54) is 45.0 Å². The lowest BCUT2D eigenvalue weighted by Gasteiger charge is -2.35. The second-order valence-electron chi connectivity index (χ2n) is 23.5. The third kappa shape index (κ3) is 7.69. The van der Waals surface area contributed by atoms with Crippen molar-refractivity contribution in [2.75, 3.05) is 9.80 Å². The number of fused-ring (bicyclic) bond motifs is 9. The zero-order valence-electron chi connectivity index (χ0n) is 42.9. The summed E-state index contributed by atoms with van der Waals surface area (Å²) in [5.41, 5.74) is 15.2. The van der Waals surface area contributed by atoms with Gasteiger partial charge in [0.2, 0.25) is 0 Å². The van der Waals surface area contributed by atoms with E-state index in [-0.39, 0.29) is 21.7 Å². The van der Waals surface area contributed by atoms with E-state index < -0.39 is 0 Å². The van der Waals surface area contributed by atoms with Crippen LogP contribution >= 0.6 is 0 Å². The van der Waals surface area contributed by atoms with Gasteiger partial charge >= 0.3 is 0 Å². The average molecular weight is 917 g/mol. The van der Waals surface area contributed by atoms with Gasteiger partial charge in [-0.05, 0) is 150 Å². The quantitative estimate of drug-likeness (QED) is 0.166. The molecule has 2 heterocycles. The van der Waals surface area contributed by atoms with Crippen molar-refractivity contribution < 1.29 is 8.83 Å². The molecule has 11 rings (SSSR count). The topological polar surface area (TPSA) is 32.8 Å². The predicted molar refractivity (Wildman–Crippen MR) is 300 cm³/mol. The van der Waals surface area contributed by atoms with E-state index in [9.17, 15) is 0 Å². The molecule has 0 saturated carbocycles. The van der Waals surface area contributed by atoms with Gasteiger partial charge in [-0.3, -0.25) is 0 Å². The highest BCUT2D eigenvalue weighted by molar-refractivity contribution is 6.24. The highest BCUT2D eigenvalue weighted by Crippen LogP contribution is 2.49. The van der Waals surface area contributed by atoms with Gasteiger partial charge in [-0.15, -0.1) is 0 Å². The van der Waals surface area contributed by atoms with Gasteiger partial charge in [0.1, 0.15) is 22.3 Å². The molecule has 11 aromatic rings. The van der Waals surface area contributed by atoms with Crippen LogP contribution in [-0.2, 0) is 21.7 Å². The maximum Gasteiger partial charge on any atom is 0.147 e. The van der Waals surface area contributed by atoms with Crippen molar-refractivity contribution in [2.24, 2.45) is 0 Å². The standard InChI is InChI=1S/C66H64N2O2/c1-63(2,3)50-21-13-17-25-54(50)67(55-26-18-14-22-51(55)64(4,5)6)45-31-29-41-37-48-47-33-34-58-61(62(47)70-59(48)39-43(41)35-45)49-38-42-30-32-46(36-44(42)40-60(49)69-58)68(56-27-19-15-23-52(56)65(7,8)9)57-28-20-16-24-53(57)66(10,11)12/h13-40H,1-12H3. The van der Waals surface area contributed by atoms with Gasteiger partial charge in [-0.2, -0.15) is 0 Å². The Bertz CT molecular complexity index is 3720. The van der Waals surface area contributed by atoms with Crippen molar-refractivity contribution in [3.05, 3.63) is 192 Å². The van der Waals surface area contributed by atoms with E-state index in [0.717, 1.165) is 76.8 Å². The smallest absolute Gasteiger partial charge is 0.147 e. The zero-order chi connectivity index (χ0) is 49.1. The number of para-hydroxylation sites is 4. The molecule has 0 aliphatic rings. The van der Waals surface area contributed by atoms with Crippen LogP contribution in [0.25, 0.3) is 65.4 Å². The molecule has 70 heavy (non-hydrogen) atoms. The van der Waals surface area contributed by atoms with Crippen LogP contribution in [0.15, 0.2) is 179 Å². The highest BCUT2D eigenvalue weighted by Gasteiger charge is 2.30. The van der Waals surface area contributed by atoms with Crippen molar-refractivity contribution >= 4 is 99.5 Å².